The number of imidazole rings is 1. The third-order valence-corrected chi connectivity index (χ3v) is 2.56. The first kappa shape index (κ1) is 13.1. The van der Waals surface area contributed by atoms with Crippen molar-refractivity contribution >= 4 is 11.6 Å². The van der Waals surface area contributed by atoms with Crippen molar-refractivity contribution in [1.29, 1.82) is 0 Å². The molecule has 4 N–H and O–H groups in total. The number of nitrogens with one attached hydrogen (secondary N) is 2. The van der Waals surface area contributed by atoms with E-state index in [-0.39, 0.29) is 6.04 Å². The molecule has 0 amide bonds. The van der Waals surface area contributed by atoms with E-state index in [1.165, 1.54) is 0 Å². The van der Waals surface area contributed by atoms with Crippen LogP contribution < -0.4 is 16.6 Å². The molecule has 0 bridgehead atoms. The summed E-state index contributed by atoms with van der Waals surface area (Å²) in [5.41, 5.74) is 3.51. The molecule has 2 aromatic rings. The molecule has 0 radical (unpaired) electrons. The maximum atomic E-state index is 5.48. The van der Waals surface area contributed by atoms with Gasteiger partial charge in [0.25, 0.3) is 0 Å². The van der Waals surface area contributed by atoms with E-state index in [0.29, 0.717) is 5.96 Å². The van der Waals surface area contributed by atoms with Gasteiger partial charge in [-0.25, -0.2) is 15.8 Å². The van der Waals surface area contributed by atoms with Gasteiger partial charge in [0, 0.05) is 24.6 Å². The smallest absolute Gasteiger partial charge is 0.210 e. The molecular formula is C13H18N6. The average molecular weight is 258 g/mol. The Morgan fingerprint density at radius 3 is 2.84 bits per heavy atom. The lowest BCUT2D eigenvalue weighted by Gasteiger charge is -2.13. The van der Waals surface area contributed by atoms with Crippen molar-refractivity contribution in [2.45, 2.75) is 19.5 Å². The summed E-state index contributed by atoms with van der Waals surface area (Å²) in [6.07, 6.45) is 5.43. The van der Waals surface area contributed by atoms with Crippen molar-refractivity contribution in [2.75, 3.05) is 5.32 Å². The third kappa shape index (κ3) is 4.11. The van der Waals surface area contributed by atoms with Crippen molar-refractivity contribution in [3.8, 4) is 0 Å². The van der Waals surface area contributed by atoms with Crippen LogP contribution in [0.3, 0.4) is 0 Å². The third-order valence-electron chi connectivity index (χ3n) is 2.56. The second-order valence-corrected chi connectivity index (χ2v) is 4.22. The SMILES string of the molecule is CC(Cn1ccnc1)N=C(NN)Nc1ccccc1. The molecule has 0 aliphatic carbocycles. The molecule has 0 saturated carbocycles. The molecule has 0 aliphatic rings. The number of rotatable bonds is 4. The van der Waals surface area contributed by atoms with Crippen LogP contribution in [0, 0.1) is 0 Å². The largest absolute Gasteiger partial charge is 0.335 e. The number of nitrogens with zero attached hydrogens (tertiary/aromatic N) is 3. The molecule has 0 aliphatic heterocycles. The minimum absolute atomic E-state index is 0.0801. The second-order valence-electron chi connectivity index (χ2n) is 4.22. The Labute approximate surface area is 112 Å². The number of para-hydroxylation sites is 1. The van der Waals surface area contributed by atoms with Gasteiger partial charge in [0.15, 0.2) is 0 Å². The van der Waals surface area contributed by atoms with Crippen LogP contribution in [0.5, 0.6) is 0 Å². The fourth-order valence-electron chi connectivity index (χ4n) is 1.72. The van der Waals surface area contributed by atoms with Gasteiger partial charge in [0.05, 0.1) is 12.4 Å². The lowest BCUT2D eigenvalue weighted by molar-refractivity contribution is 0.589. The fourth-order valence-corrected chi connectivity index (χ4v) is 1.72. The maximum absolute atomic E-state index is 5.48. The standard InChI is InChI=1S/C13H18N6/c1-11(9-19-8-7-15-10-19)16-13(18-14)17-12-5-3-2-4-6-12/h2-8,10-11H,9,14H2,1H3,(H2,16,17,18). The van der Waals surface area contributed by atoms with E-state index in [1.807, 2.05) is 48.0 Å². The number of aliphatic imine (C=N–C) groups is 1. The highest BCUT2D eigenvalue weighted by Gasteiger charge is 2.03. The van der Waals surface area contributed by atoms with Gasteiger partial charge in [-0.15, -0.1) is 0 Å². The summed E-state index contributed by atoms with van der Waals surface area (Å²) in [4.78, 5) is 8.49. The fraction of sp³-hybridized carbons (Fsp3) is 0.231. The number of guanidine groups is 1. The second kappa shape index (κ2) is 6.55. The summed E-state index contributed by atoms with van der Waals surface area (Å²) in [6, 6.07) is 9.84. The quantitative estimate of drug-likeness (QED) is 0.333. The van der Waals surface area contributed by atoms with Crippen LogP contribution in [0.4, 0.5) is 5.69 Å². The molecule has 0 fully saturated rings. The van der Waals surface area contributed by atoms with Gasteiger partial charge in [-0.1, -0.05) is 18.2 Å². The Morgan fingerprint density at radius 2 is 2.21 bits per heavy atom. The molecule has 100 valence electrons. The van der Waals surface area contributed by atoms with Crippen molar-refractivity contribution in [3.63, 3.8) is 0 Å². The van der Waals surface area contributed by atoms with Crippen LogP contribution in [0.15, 0.2) is 54.0 Å². The molecule has 0 spiro atoms. The zero-order valence-corrected chi connectivity index (χ0v) is 10.8. The first-order valence-corrected chi connectivity index (χ1v) is 6.10. The zero-order chi connectivity index (χ0) is 13.5. The van der Waals surface area contributed by atoms with E-state index >= 15 is 0 Å². The number of aromatic nitrogens is 2. The predicted molar refractivity (Wildman–Crippen MR) is 76.5 cm³/mol. The number of benzene rings is 1. The number of hydrazine groups is 1. The topological polar surface area (TPSA) is 80.3 Å². The summed E-state index contributed by atoms with van der Waals surface area (Å²) in [7, 11) is 0. The van der Waals surface area contributed by atoms with E-state index < -0.39 is 0 Å². The first-order valence-electron chi connectivity index (χ1n) is 6.10. The monoisotopic (exact) mass is 258 g/mol. The van der Waals surface area contributed by atoms with E-state index in [1.54, 1.807) is 12.5 Å². The van der Waals surface area contributed by atoms with Crippen LogP contribution >= 0.6 is 0 Å². The van der Waals surface area contributed by atoms with Crippen molar-refractivity contribution in [1.82, 2.24) is 15.0 Å². The number of anilines is 1. The zero-order valence-electron chi connectivity index (χ0n) is 10.8. The maximum Gasteiger partial charge on any atom is 0.210 e. The molecule has 2 rings (SSSR count). The summed E-state index contributed by atoms with van der Waals surface area (Å²) in [6.45, 7) is 2.77. The Kier molecular flexibility index (Phi) is 4.52. The lowest BCUT2D eigenvalue weighted by atomic mass is 10.3. The molecule has 1 heterocycles. The first-order chi connectivity index (χ1) is 9.28. The average Bonchev–Trinajstić information content (AvgIpc) is 2.92. The van der Waals surface area contributed by atoms with E-state index in [2.05, 4.69) is 20.7 Å². The van der Waals surface area contributed by atoms with Gasteiger partial charge in [-0.05, 0) is 19.1 Å². The normalized spacial score (nSPS) is 13.1. The summed E-state index contributed by atoms with van der Waals surface area (Å²) < 4.78 is 1.98. The van der Waals surface area contributed by atoms with Crippen molar-refractivity contribution < 1.29 is 0 Å². The van der Waals surface area contributed by atoms with Gasteiger partial charge >= 0.3 is 0 Å². The Balaban J connectivity index is 1.98. The molecule has 1 atom stereocenters. The molecular weight excluding hydrogens is 240 g/mol. The van der Waals surface area contributed by atoms with Gasteiger partial charge in [0.2, 0.25) is 5.96 Å². The predicted octanol–water partition coefficient (Wildman–Crippen LogP) is 1.20. The molecule has 0 saturated heterocycles. The number of hydrogen-bond donors (Lipinski definition) is 3. The Bertz CT molecular complexity index is 505. The summed E-state index contributed by atoms with van der Waals surface area (Å²) >= 11 is 0. The van der Waals surface area contributed by atoms with Crippen LogP contribution in [0.25, 0.3) is 0 Å². The molecule has 6 nitrogen and oxygen atoms in total. The van der Waals surface area contributed by atoms with Crippen LogP contribution in [0.2, 0.25) is 0 Å². The summed E-state index contributed by atoms with van der Waals surface area (Å²) in [5.74, 6) is 6.02. The minimum Gasteiger partial charge on any atom is -0.335 e. The van der Waals surface area contributed by atoms with E-state index in [4.69, 9.17) is 5.84 Å². The van der Waals surface area contributed by atoms with Crippen LogP contribution in [0.1, 0.15) is 6.92 Å². The number of hydrogen-bond acceptors (Lipinski definition) is 3. The minimum atomic E-state index is 0.0801. The van der Waals surface area contributed by atoms with E-state index in [0.717, 1.165) is 12.2 Å². The molecule has 1 aromatic heterocycles. The van der Waals surface area contributed by atoms with Crippen LogP contribution in [-0.2, 0) is 6.54 Å². The molecule has 19 heavy (non-hydrogen) atoms. The van der Waals surface area contributed by atoms with Gasteiger partial charge < -0.3 is 9.88 Å². The highest BCUT2D eigenvalue weighted by molar-refractivity contribution is 5.93. The molecule has 1 aromatic carbocycles. The Hall–Kier alpha value is -2.34. The Morgan fingerprint density at radius 1 is 1.42 bits per heavy atom. The lowest BCUT2D eigenvalue weighted by Crippen LogP contribution is -2.37. The van der Waals surface area contributed by atoms with Crippen LogP contribution in [-0.4, -0.2) is 21.6 Å². The highest BCUT2D eigenvalue weighted by Crippen LogP contribution is 2.05. The van der Waals surface area contributed by atoms with Gasteiger partial charge in [0.1, 0.15) is 0 Å². The molecule has 1 unspecified atom stereocenters. The van der Waals surface area contributed by atoms with Gasteiger partial charge in [-0.3, -0.25) is 5.43 Å². The van der Waals surface area contributed by atoms with E-state index in [9.17, 15) is 0 Å². The van der Waals surface area contributed by atoms with Crippen molar-refractivity contribution in [2.24, 2.45) is 10.8 Å². The van der Waals surface area contributed by atoms with Gasteiger partial charge in [-0.2, -0.15) is 0 Å². The number of nitrogens with two attached hydrogens (primary N) is 1. The summed E-state index contributed by atoms with van der Waals surface area (Å²) in [5, 5.41) is 3.13. The molecule has 6 heteroatoms. The van der Waals surface area contributed by atoms with Crippen molar-refractivity contribution in [3.05, 3.63) is 49.1 Å². The highest BCUT2D eigenvalue weighted by atomic mass is 15.3.